The minimum Gasteiger partial charge on any atom is -0.458 e. The summed E-state index contributed by atoms with van der Waals surface area (Å²) in [7, 11) is 0. The second kappa shape index (κ2) is 7.83. The molecule has 0 radical (unpaired) electrons. The molecular formula is C25H32N2O7. The Labute approximate surface area is 198 Å². The van der Waals surface area contributed by atoms with E-state index in [0.717, 1.165) is 18.3 Å². The molecule has 2 N–H and O–H groups in total. The van der Waals surface area contributed by atoms with Gasteiger partial charge in [-0.15, -0.1) is 0 Å². The number of fused-ring (bicyclic) bond motifs is 5. The second-order valence-corrected chi connectivity index (χ2v) is 11.3. The molecule has 9 nitrogen and oxygen atoms in total. The summed E-state index contributed by atoms with van der Waals surface area (Å²) in [5, 5.41) is 24.0. The summed E-state index contributed by atoms with van der Waals surface area (Å²) >= 11 is 0. The van der Waals surface area contributed by atoms with Gasteiger partial charge in [-0.05, 0) is 74.7 Å². The minimum absolute atomic E-state index is 0.0567. The van der Waals surface area contributed by atoms with E-state index >= 15 is 0 Å². The fourth-order valence-electron chi connectivity index (χ4n) is 8.66. The summed E-state index contributed by atoms with van der Waals surface area (Å²) < 4.78 is 10.5. The lowest BCUT2D eigenvalue weighted by Gasteiger charge is -2.65. The number of rotatable bonds is 4. The molecule has 9 heteroatoms. The predicted octanol–water partition coefficient (Wildman–Crippen LogP) is 1.75. The zero-order valence-electron chi connectivity index (χ0n) is 19.4. The number of aldehydes is 1. The average Bonchev–Trinajstić information content (AvgIpc) is 3.33. The molecule has 184 valence electrons. The van der Waals surface area contributed by atoms with Crippen LogP contribution in [0.3, 0.4) is 0 Å². The molecule has 0 bridgehead atoms. The van der Waals surface area contributed by atoms with Gasteiger partial charge in [0.25, 0.3) is 0 Å². The molecule has 5 aliphatic rings. The van der Waals surface area contributed by atoms with E-state index in [2.05, 4.69) is 11.7 Å². The maximum absolute atomic E-state index is 12.7. The molecule has 0 saturated heterocycles. The molecule has 8 atom stereocenters. The van der Waals surface area contributed by atoms with E-state index in [1.165, 1.54) is 0 Å². The first-order valence-electron chi connectivity index (χ1n) is 12.3. The van der Waals surface area contributed by atoms with Gasteiger partial charge in [0.2, 0.25) is 0 Å². The van der Waals surface area contributed by atoms with Crippen LogP contribution in [0.4, 0.5) is 0 Å². The topological polar surface area (TPSA) is 147 Å². The number of hydrogen-bond acceptors (Lipinski definition) is 7. The van der Waals surface area contributed by atoms with Crippen molar-refractivity contribution in [2.45, 2.75) is 82.0 Å². The Morgan fingerprint density at radius 1 is 1.18 bits per heavy atom. The quantitative estimate of drug-likeness (QED) is 0.208. The maximum Gasteiger partial charge on any atom is 0.413 e. The van der Waals surface area contributed by atoms with E-state index in [-0.39, 0.29) is 36.8 Å². The number of esters is 2. The Kier molecular flexibility index (Phi) is 5.39. The van der Waals surface area contributed by atoms with Crippen LogP contribution in [0.15, 0.2) is 11.6 Å². The third kappa shape index (κ3) is 3.03. The third-order valence-electron chi connectivity index (χ3n) is 10.3. The molecule has 0 aromatic carbocycles. The summed E-state index contributed by atoms with van der Waals surface area (Å²) in [6, 6.07) is 0. The van der Waals surface area contributed by atoms with Crippen LogP contribution in [0, 0.1) is 28.6 Å². The van der Waals surface area contributed by atoms with E-state index in [1.807, 2.05) is 0 Å². The fraction of sp³-hybridized carbons (Fsp3) is 0.760. The molecule has 4 saturated carbocycles. The highest BCUT2D eigenvalue weighted by Gasteiger charge is 2.71. The first-order valence-corrected chi connectivity index (χ1v) is 12.3. The van der Waals surface area contributed by atoms with Crippen LogP contribution < -0.4 is 0 Å². The van der Waals surface area contributed by atoms with Crippen molar-refractivity contribution in [2.75, 3.05) is 6.61 Å². The van der Waals surface area contributed by atoms with Gasteiger partial charge in [-0.3, -0.25) is 0 Å². The van der Waals surface area contributed by atoms with Gasteiger partial charge in [0, 0.05) is 17.9 Å². The summed E-state index contributed by atoms with van der Waals surface area (Å²) in [5.74, 6) is -1.37. The zero-order chi connectivity index (χ0) is 24.4. The molecule has 0 spiro atoms. The Balaban J connectivity index is 1.43. The molecule has 34 heavy (non-hydrogen) atoms. The number of aliphatic hydroxyl groups is 2. The number of hydrogen-bond donors (Lipinski definition) is 2. The molecule has 1 heterocycles. The minimum atomic E-state index is -1.33. The third-order valence-corrected chi connectivity index (χ3v) is 10.3. The van der Waals surface area contributed by atoms with Crippen molar-refractivity contribution in [1.82, 2.24) is 0 Å². The van der Waals surface area contributed by atoms with Crippen LogP contribution in [-0.4, -0.2) is 63.4 Å². The van der Waals surface area contributed by atoms with Crippen molar-refractivity contribution in [1.29, 1.82) is 0 Å². The lowest BCUT2D eigenvalue weighted by Crippen LogP contribution is -2.69. The van der Waals surface area contributed by atoms with Crippen molar-refractivity contribution < 1.29 is 38.9 Å². The van der Waals surface area contributed by atoms with Crippen molar-refractivity contribution >= 4 is 24.4 Å². The van der Waals surface area contributed by atoms with Crippen molar-refractivity contribution in [3.8, 4) is 0 Å². The number of ether oxygens (including phenoxy) is 2. The second-order valence-electron chi connectivity index (χ2n) is 11.3. The molecular weight excluding hydrogens is 440 g/mol. The van der Waals surface area contributed by atoms with E-state index in [4.69, 9.17) is 15.0 Å². The SMILES string of the molecule is C[C@]12CC[C@H]3[C@@H](CC[C@]4(O)C[C@@H](OC(=O)C=[N+]=[N-])CC[C@]34C=O)[C@@]1(O)CC[C@@H]2C1=CC(=O)OC1. The van der Waals surface area contributed by atoms with Crippen LogP contribution >= 0.6 is 0 Å². The Morgan fingerprint density at radius 3 is 2.62 bits per heavy atom. The molecule has 1 aliphatic heterocycles. The summed E-state index contributed by atoms with van der Waals surface area (Å²) in [5.41, 5.74) is 5.75. The Bertz CT molecular complexity index is 1010. The van der Waals surface area contributed by atoms with Crippen molar-refractivity contribution in [3.05, 3.63) is 17.2 Å². The fourth-order valence-corrected chi connectivity index (χ4v) is 8.66. The van der Waals surface area contributed by atoms with Crippen molar-refractivity contribution in [2.24, 2.45) is 28.6 Å². The number of cyclic esters (lactones) is 1. The maximum atomic E-state index is 12.7. The summed E-state index contributed by atoms with van der Waals surface area (Å²) in [6.45, 7) is 2.39. The van der Waals surface area contributed by atoms with Gasteiger partial charge < -0.3 is 30.0 Å². The van der Waals surface area contributed by atoms with Crippen LogP contribution in [0.2, 0.25) is 0 Å². The number of carbonyl (C=O) groups excluding carboxylic acids is 3. The van der Waals surface area contributed by atoms with E-state index in [1.54, 1.807) is 6.08 Å². The first kappa shape index (κ1) is 23.4. The van der Waals surface area contributed by atoms with Crippen LogP contribution in [0.5, 0.6) is 0 Å². The van der Waals surface area contributed by atoms with Gasteiger partial charge in [-0.2, -0.15) is 4.79 Å². The molecule has 4 fully saturated rings. The molecule has 0 unspecified atom stereocenters. The van der Waals surface area contributed by atoms with Gasteiger partial charge in [-0.25, -0.2) is 9.59 Å². The smallest absolute Gasteiger partial charge is 0.413 e. The summed E-state index contributed by atoms with van der Waals surface area (Å²) in [6.07, 6.45) is 7.17. The molecule has 0 aromatic rings. The number of carbonyl (C=O) groups is 3. The van der Waals surface area contributed by atoms with Gasteiger partial charge in [0.15, 0.2) is 0 Å². The largest absolute Gasteiger partial charge is 0.458 e. The van der Waals surface area contributed by atoms with E-state index in [0.29, 0.717) is 51.2 Å². The standard InChI is InChI=1S/C25H32N2O7/c1-22-6-3-18-19(25(22,32)9-5-17(22)15-10-20(29)33-13-15)4-8-24(31)11-16(34-21(30)12-27-26)2-7-23(18,24)14-28/h10,12,14,16-19,31-32H,2-9,11,13H2,1H3/t16-,17+,18-,19+,22+,23-,24-,25-/m0/s1. The van der Waals surface area contributed by atoms with Gasteiger partial charge >= 0.3 is 18.2 Å². The zero-order valence-corrected chi connectivity index (χ0v) is 19.4. The highest BCUT2D eigenvalue weighted by Crippen LogP contribution is 2.70. The van der Waals surface area contributed by atoms with Gasteiger partial charge in [0.05, 0.1) is 16.6 Å². The molecule has 0 amide bonds. The van der Waals surface area contributed by atoms with Gasteiger partial charge in [-0.1, -0.05) is 6.92 Å². The molecule has 4 aliphatic carbocycles. The lowest BCUT2D eigenvalue weighted by molar-refractivity contribution is -0.249. The monoisotopic (exact) mass is 472 g/mol. The van der Waals surface area contributed by atoms with E-state index in [9.17, 15) is 24.6 Å². The molecule has 0 aromatic heterocycles. The van der Waals surface area contributed by atoms with E-state index < -0.39 is 34.1 Å². The van der Waals surface area contributed by atoms with Crippen molar-refractivity contribution in [3.63, 3.8) is 0 Å². The normalized spacial score (nSPS) is 47.3. The highest BCUT2D eigenvalue weighted by molar-refractivity contribution is 6.20. The highest BCUT2D eigenvalue weighted by atomic mass is 16.5. The van der Waals surface area contributed by atoms with Gasteiger partial charge in [0.1, 0.15) is 19.0 Å². The van der Waals surface area contributed by atoms with Crippen LogP contribution in [0.25, 0.3) is 5.53 Å². The number of nitrogens with zero attached hydrogens (tertiary/aromatic N) is 2. The Morgan fingerprint density at radius 2 is 1.94 bits per heavy atom. The lowest BCUT2D eigenvalue weighted by atomic mass is 9.41. The molecule has 5 rings (SSSR count). The average molecular weight is 473 g/mol. The van der Waals surface area contributed by atoms with Crippen LogP contribution in [-0.2, 0) is 23.9 Å². The predicted molar refractivity (Wildman–Crippen MR) is 117 cm³/mol. The Hall–Kier alpha value is -2.35. The first-order chi connectivity index (χ1) is 16.1. The van der Waals surface area contributed by atoms with Crippen LogP contribution in [0.1, 0.15) is 64.7 Å². The summed E-state index contributed by atoms with van der Waals surface area (Å²) in [4.78, 5) is 38.9.